The Hall–Kier alpha value is -3.49. The molecule has 0 saturated heterocycles. The second kappa shape index (κ2) is 19.0. The highest BCUT2D eigenvalue weighted by Gasteiger charge is 2.16. The fourth-order valence-corrected chi connectivity index (χ4v) is 4.62. The molecular weight excluding hydrogens is 554 g/mol. The van der Waals surface area contributed by atoms with E-state index in [9.17, 15) is 4.79 Å². The van der Waals surface area contributed by atoms with E-state index in [1.54, 1.807) is 0 Å². The number of carbonyl (C=O) groups is 1. The molecule has 0 aliphatic heterocycles. The van der Waals surface area contributed by atoms with Gasteiger partial charge in [-0.25, -0.2) is 4.79 Å². The van der Waals surface area contributed by atoms with Crippen LogP contribution in [0, 0.1) is 0 Å². The molecule has 0 bridgehead atoms. The monoisotopic (exact) mass is 603 g/mol. The molecule has 0 unspecified atom stereocenters. The van der Waals surface area contributed by atoms with E-state index in [2.05, 4.69) is 104 Å². The Labute approximate surface area is 263 Å². The summed E-state index contributed by atoms with van der Waals surface area (Å²) in [4.78, 5) is 13.8. The first-order valence-corrected chi connectivity index (χ1v) is 15.5. The summed E-state index contributed by atoms with van der Waals surface area (Å²) in [7, 11) is 2.06. The van der Waals surface area contributed by atoms with E-state index in [-0.39, 0.29) is 12.6 Å². The van der Waals surface area contributed by atoms with Crippen molar-refractivity contribution in [3.8, 4) is 5.75 Å². The lowest BCUT2D eigenvalue weighted by atomic mass is 9.88. The predicted octanol–water partition coefficient (Wildman–Crippen LogP) is 6.76. The van der Waals surface area contributed by atoms with Gasteiger partial charge >= 0.3 is 5.97 Å². The molecule has 0 spiro atoms. The number of carbonyl (C=O) groups excluding carboxylic acids is 1. The Morgan fingerprint density at radius 2 is 1.18 bits per heavy atom. The van der Waals surface area contributed by atoms with Gasteiger partial charge in [-0.05, 0) is 74.2 Å². The maximum atomic E-state index is 11.6. The highest BCUT2D eigenvalue weighted by molar-refractivity contribution is 5.98. The number of likely N-dealkylation sites (N-methyl/N-ethyl adjacent to an activating group) is 1. The lowest BCUT2D eigenvalue weighted by molar-refractivity contribution is -0.160. The summed E-state index contributed by atoms with van der Waals surface area (Å²) >= 11 is 0. The van der Waals surface area contributed by atoms with Crippen molar-refractivity contribution in [2.75, 3.05) is 66.4 Å². The summed E-state index contributed by atoms with van der Waals surface area (Å²) in [6, 6.07) is 29.6. The van der Waals surface area contributed by atoms with Crippen LogP contribution in [0.2, 0.25) is 0 Å². The van der Waals surface area contributed by atoms with Gasteiger partial charge in [-0.1, -0.05) is 79.7 Å². The van der Waals surface area contributed by atoms with Crippen LogP contribution in [0.25, 0.3) is 11.1 Å². The molecule has 3 rings (SSSR count). The van der Waals surface area contributed by atoms with Gasteiger partial charge in [0.05, 0.1) is 33.0 Å². The molecule has 7 heteroatoms. The lowest BCUT2D eigenvalue weighted by Crippen LogP contribution is -2.28. The number of hydrogen-bond donors (Lipinski definition) is 0. The summed E-state index contributed by atoms with van der Waals surface area (Å²) < 4.78 is 27.7. The average molecular weight is 604 g/mol. The minimum atomic E-state index is -0.505. The first kappa shape index (κ1) is 35.0. The van der Waals surface area contributed by atoms with Gasteiger partial charge in [0.25, 0.3) is 0 Å². The van der Waals surface area contributed by atoms with Crippen molar-refractivity contribution in [2.45, 2.75) is 39.7 Å². The summed E-state index contributed by atoms with van der Waals surface area (Å²) in [6.45, 7) is 12.1. The number of rotatable bonds is 19. The smallest absolute Gasteiger partial charge is 0.332 e. The minimum absolute atomic E-state index is 0.0699. The molecule has 3 aromatic carbocycles. The Morgan fingerprint density at radius 1 is 0.659 bits per heavy atom. The second-order valence-corrected chi connectivity index (χ2v) is 11.5. The van der Waals surface area contributed by atoms with Gasteiger partial charge in [0.2, 0.25) is 0 Å². The van der Waals surface area contributed by atoms with Crippen molar-refractivity contribution in [1.82, 2.24) is 4.90 Å². The third-order valence-electron chi connectivity index (χ3n) is 6.73. The number of hydrogen-bond acceptors (Lipinski definition) is 7. The van der Waals surface area contributed by atoms with Crippen LogP contribution in [0.1, 0.15) is 50.8 Å². The number of benzene rings is 3. The van der Waals surface area contributed by atoms with Crippen LogP contribution >= 0.6 is 0 Å². The van der Waals surface area contributed by atoms with Crippen molar-refractivity contribution < 1.29 is 28.5 Å². The third kappa shape index (κ3) is 13.0. The van der Waals surface area contributed by atoms with Gasteiger partial charge < -0.3 is 28.6 Å². The largest absolute Gasteiger partial charge is 0.492 e. The van der Waals surface area contributed by atoms with Crippen molar-refractivity contribution >= 4 is 17.1 Å². The Morgan fingerprint density at radius 3 is 1.77 bits per heavy atom. The number of esters is 1. The number of ether oxygens (including phenoxy) is 5. The molecule has 3 aromatic rings. The van der Waals surface area contributed by atoms with Gasteiger partial charge in [-0.2, -0.15) is 0 Å². The van der Waals surface area contributed by atoms with Crippen LogP contribution in [-0.4, -0.2) is 82.9 Å². The molecule has 0 N–H and O–H groups in total. The van der Waals surface area contributed by atoms with Crippen molar-refractivity contribution in [2.24, 2.45) is 0 Å². The molecule has 7 nitrogen and oxygen atoms in total. The van der Waals surface area contributed by atoms with Crippen molar-refractivity contribution in [3.63, 3.8) is 0 Å². The van der Waals surface area contributed by atoms with Crippen LogP contribution in [0.15, 0.2) is 84.9 Å². The molecule has 0 aromatic heterocycles. The highest BCUT2D eigenvalue weighted by atomic mass is 16.6. The maximum Gasteiger partial charge on any atom is 0.332 e. The zero-order valence-corrected chi connectivity index (χ0v) is 27.1. The Bertz CT molecular complexity index is 1250. The molecule has 44 heavy (non-hydrogen) atoms. The highest BCUT2D eigenvalue weighted by Crippen LogP contribution is 2.34. The number of nitrogens with zero attached hydrogens (tertiary/aromatic N) is 1. The molecule has 238 valence electrons. The zero-order chi connectivity index (χ0) is 31.6. The van der Waals surface area contributed by atoms with Gasteiger partial charge in [0.1, 0.15) is 24.6 Å². The molecule has 0 aliphatic rings. The zero-order valence-electron chi connectivity index (χ0n) is 27.1. The molecule has 0 heterocycles. The molecule has 0 radical (unpaired) electrons. The summed E-state index contributed by atoms with van der Waals surface area (Å²) in [6.07, 6.45) is 0.932. The molecule has 0 saturated carbocycles. The first-order valence-electron chi connectivity index (χ1n) is 15.5. The number of allylic oxidation sites excluding steroid dienone is 1. The quantitative estimate of drug-likeness (QED) is 0.0852. The SMILES string of the molecule is CCC(=C(c1ccccc1)c1ccc(OCCN(C)CCOCCOCCOCC(=O)OC(C)(C)C)cc1)c1ccccc1. The lowest BCUT2D eigenvalue weighted by Gasteiger charge is -2.19. The van der Waals surface area contributed by atoms with Crippen molar-refractivity contribution in [1.29, 1.82) is 0 Å². The predicted molar refractivity (Wildman–Crippen MR) is 177 cm³/mol. The van der Waals surface area contributed by atoms with Crippen LogP contribution < -0.4 is 4.74 Å². The van der Waals surface area contributed by atoms with Gasteiger partial charge in [0, 0.05) is 13.1 Å². The van der Waals surface area contributed by atoms with E-state index in [1.165, 1.54) is 27.8 Å². The molecular formula is C37H49NO6. The fourth-order valence-electron chi connectivity index (χ4n) is 4.62. The van der Waals surface area contributed by atoms with E-state index in [1.807, 2.05) is 20.8 Å². The minimum Gasteiger partial charge on any atom is -0.492 e. The van der Waals surface area contributed by atoms with Gasteiger partial charge in [-0.3, -0.25) is 0 Å². The van der Waals surface area contributed by atoms with E-state index in [0.717, 1.165) is 25.3 Å². The molecule has 0 aliphatic carbocycles. The van der Waals surface area contributed by atoms with E-state index >= 15 is 0 Å². The first-order chi connectivity index (χ1) is 21.3. The fraction of sp³-hybridized carbons (Fsp3) is 0.432. The van der Waals surface area contributed by atoms with Crippen LogP contribution in [0.3, 0.4) is 0 Å². The Balaban J connectivity index is 1.35. The summed E-state index contributed by atoms with van der Waals surface area (Å²) in [5.41, 5.74) is 5.70. The second-order valence-electron chi connectivity index (χ2n) is 11.5. The summed E-state index contributed by atoms with van der Waals surface area (Å²) in [5, 5.41) is 0. The normalized spacial score (nSPS) is 12.2. The summed E-state index contributed by atoms with van der Waals surface area (Å²) in [5.74, 6) is 0.485. The standard InChI is InChI=1S/C37H49NO6/c1-6-34(30-13-9-7-10-14-30)36(31-15-11-8-12-16-31)32-17-19-33(20-18-32)43-24-22-38(5)21-23-40-25-26-41-27-28-42-29-35(39)44-37(2,3)4/h7-20H,6,21-29H2,1-5H3. The topological polar surface area (TPSA) is 66.5 Å². The van der Waals surface area contributed by atoms with Crippen LogP contribution in [0.5, 0.6) is 5.75 Å². The Kier molecular flexibility index (Phi) is 15.1. The molecule has 0 atom stereocenters. The van der Waals surface area contributed by atoms with Crippen LogP contribution in [0.4, 0.5) is 0 Å². The molecule has 0 amide bonds. The van der Waals surface area contributed by atoms with E-state index in [4.69, 9.17) is 23.7 Å². The van der Waals surface area contributed by atoms with E-state index < -0.39 is 5.60 Å². The third-order valence-corrected chi connectivity index (χ3v) is 6.73. The van der Waals surface area contributed by atoms with E-state index in [0.29, 0.717) is 39.6 Å². The average Bonchev–Trinajstić information content (AvgIpc) is 3.01. The maximum absolute atomic E-state index is 11.6. The van der Waals surface area contributed by atoms with Gasteiger partial charge in [-0.15, -0.1) is 0 Å². The molecule has 0 fully saturated rings. The van der Waals surface area contributed by atoms with Crippen LogP contribution in [-0.2, 0) is 23.7 Å². The van der Waals surface area contributed by atoms with Crippen molar-refractivity contribution in [3.05, 3.63) is 102 Å². The van der Waals surface area contributed by atoms with Gasteiger partial charge in [0.15, 0.2) is 0 Å².